The lowest BCUT2D eigenvalue weighted by molar-refractivity contribution is -0.118. The Morgan fingerprint density at radius 3 is 2.43 bits per heavy atom. The first-order valence-electron chi connectivity index (χ1n) is 7.66. The smallest absolute Gasteiger partial charge is 0.262 e. The molecule has 0 bridgehead atoms. The largest absolute Gasteiger partial charge is 0.483 e. The number of amides is 1. The van der Waals surface area contributed by atoms with Gasteiger partial charge in [0.25, 0.3) is 5.91 Å². The highest BCUT2D eigenvalue weighted by Gasteiger charge is 2.11. The number of carbonyl (C=O) groups is 1. The van der Waals surface area contributed by atoms with Gasteiger partial charge in [-0.25, -0.2) is 0 Å². The van der Waals surface area contributed by atoms with Crippen LogP contribution in [0.15, 0.2) is 36.4 Å². The summed E-state index contributed by atoms with van der Waals surface area (Å²) in [6, 6.07) is 11.6. The molecule has 0 aliphatic carbocycles. The summed E-state index contributed by atoms with van der Waals surface area (Å²) < 4.78 is 5.72. The molecule has 23 heavy (non-hydrogen) atoms. The Morgan fingerprint density at radius 1 is 1.13 bits per heavy atom. The van der Waals surface area contributed by atoms with Gasteiger partial charge in [0.05, 0.1) is 10.7 Å². The molecule has 0 atom stereocenters. The molecule has 2 rings (SSSR count). The quantitative estimate of drug-likeness (QED) is 0.828. The normalized spacial score (nSPS) is 10.7. The third-order valence-corrected chi connectivity index (χ3v) is 3.86. The molecule has 0 aliphatic heterocycles. The van der Waals surface area contributed by atoms with Crippen molar-refractivity contribution >= 4 is 23.2 Å². The zero-order chi connectivity index (χ0) is 17.0. The minimum Gasteiger partial charge on any atom is -0.483 e. The summed E-state index contributed by atoms with van der Waals surface area (Å²) in [4.78, 5) is 12.1. The first-order chi connectivity index (χ1) is 10.9. The summed E-state index contributed by atoms with van der Waals surface area (Å²) in [5.74, 6) is 0.859. The molecule has 122 valence electrons. The van der Waals surface area contributed by atoms with Crippen LogP contribution in [0.3, 0.4) is 0 Å². The number of carbonyl (C=O) groups excluding carboxylic acids is 1. The van der Waals surface area contributed by atoms with Gasteiger partial charge in [-0.1, -0.05) is 43.6 Å². The van der Waals surface area contributed by atoms with Crippen molar-refractivity contribution in [1.29, 1.82) is 0 Å². The molecule has 0 fully saturated rings. The van der Waals surface area contributed by atoms with Gasteiger partial charge in [0.15, 0.2) is 6.61 Å². The fourth-order valence-electron chi connectivity index (χ4n) is 2.29. The maximum Gasteiger partial charge on any atom is 0.262 e. The minimum absolute atomic E-state index is 0.0482. The van der Waals surface area contributed by atoms with Crippen molar-refractivity contribution in [2.45, 2.75) is 33.6 Å². The third-order valence-electron chi connectivity index (χ3n) is 3.55. The molecule has 0 spiro atoms. The lowest BCUT2D eigenvalue weighted by Gasteiger charge is -2.15. The molecule has 3 nitrogen and oxygen atoms in total. The van der Waals surface area contributed by atoms with Gasteiger partial charge in [0.1, 0.15) is 5.75 Å². The Balaban J connectivity index is 2.03. The van der Waals surface area contributed by atoms with Crippen molar-refractivity contribution < 1.29 is 9.53 Å². The summed E-state index contributed by atoms with van der Waals surface area (Å²) in [5.41, 5.74) is 3.84. The van der Waals surface area contributed by atoms with Crippen LogP contribution in [0.25, 0.3) is 0 Å². The number of hydrogen-bond donors (Lipinski definition) is 1. The number of hydrogen-bond acceptors (Lipinski definition) is 2. The monoisotopic (exact) mass is 331 g/mol. The average molecular weight is 332 g/mol. The van der Waals surface area contributed by atoms with Crippen LogP contribution in [-0.2, 0) is 4.79 Å². The van der Waals surface area contributed by atoms with E-state index in [-0.39, 0.29) is 12.5 Å². The van der Waals surface area contributed by atoms with Crippen LogP contribution in [0, 0.1) is 13.8 Å². The standard InChI is InChI=1S/C19H22ClNO2/c1-12(2)15-7-5-14(4)10-18(15)23-11-19(22)21-17-8-6-13(3)9-16(17)20/h5-10,12H,11H2,1-4H3,(H,21,22). The topological polar surface area (TPSA) is 38.3 Å². The average Bonchev–Trinajstić information content (AvgIpc) is 2.48. The van der Waals surface area contributed by atoms with Gasteiger partial charge in [0.2, 0.25) is 0 Å². The van der Waals surface area contributed by atoms with E-state index < -0.39 is 0 Å². The number of ether oxygens (including phenoxy) is 1. The molecule has 0 aliphatic rings. The molecular formula is C19H22ClNO2. The van der Waals surface area contributed by atoms with Crippen molar-refractivity contribution in [3.05, 3.63) is 58.1 Å². The molecule has 2 aromatic carbocycles. The predicted octanol–water partition coefficient (Wildman–Crippen LogP) is 5.10. The van der Waals surface area contributed by atoms with E-state index in [1.807, 2.05) is 44.2 Å². The van der Waals surface area contributed by atoms with E-state index in [2.05, 4.69) is 19.2 Å². The highest BCUT2D eigenvalue weighted by Crippen LogP contribution is 2.27. The van der Waals surface area contributed by atoms with Crippen LogP contribution in [0.1, 0.15) is 36.5 Å². The first-order valence-corrected chi connectivity index (χ1v) is 8.04. The van der Waals surface area contributed by atoms with Gasteiger partial charge in [-0.05, 0) is 54.7 Å². The number of anilines is 1. The molecule has 0 saturated heterocycles. The van der Waals surface area contributed by atoms with Gasteiger partial charge < -0.3 is 10.1 Å². The van der Waals surface area contributed by atoms with E-state index in [9.17, 15) is 4.79 Å². The van der Waals surface area contributed by atoms with Gasteiger partial charge in [-0.2, -0.15) is 0 Å². The SMILES string of the molecule is Cc1ccc(NC(=O)COc2cc(C)ccc2C(C)C)c(Cl)c1. The lowest BCUT2D eigenvalue weighted by Crippen LogP contribution is -2.20. The van der Waals surface area contributed by atoms with Crippen molar-refractivity contribution in [3.63, 3.8) is 0 Å². The second-order valence-electron chi connectivity index (χ2n) is 6.02. The van der Waals surface area contributed by atoms with Crippen LogP contribution in [0.5, 0.6) is 5.75 Å². The lowest BCUT2D eigenvalue weighted by atomic mass is 10.0. The van der Waals surface area contributed by atoms with E-state index in [1.165, 1.54) is 0 Å². The molecule has 0 saturated carbocycles. The summed E-state index contributed by atoms with van der Waals surface area (Å²) in [7, 11) is 0. The molecule has 0 aromatic heterocycles. The number of rotatable bonds is 5. The van der Waals surface area contributed by atoms with E-state index in [4.69, 9.17) is 16.3 Å². The Kier molecular flexibility index (Phi) is 5.67. The van der Waals surface area contributed by atoms with Gasteiger partial charge in [-0.3, -0.25) is 4.79 Å². The maximum atomic E-state index is 12.1. The minimum atomic E-state index is -0.230. The molecular weight excluding hydrogens is 310 g/mol. The molecule has 0 unspecified atom stereocenters. The zero-order valence-electron chi connectivity index (χ0n) is 13.9. The first kappa shape index (κ1) is 17.4. The molecule has 2 aromatic rings. The molecule has 1 amide bonds. The van der Waals surface area contributed by atoms with Crippen LogP contribution < -0.4 is 10.1 Å². The van der Waals surface area contributed by atoms with Crippen molar-refractivity contribution in [3.8, 4) is 5.75 Å². The summed E-state index contributed by atoms with van der Waals surface area (Å²) in [5, 5.41) is 3.30. The second kappa shape index (κ2) is 7.51. The summed E-state index contributed by atoms with van der Waals surface area (Å²) in [6.45, 7) is 8.11. The highest BCUT2D eigenvalue weighted by molar-refractivity contribution is 6.33. The fraction of sp³-hybridized carbons (Fsp3) is 0.316. The Morgan fingerprint density at radius 2 is 1.78 bits per heavy atom. The van der Waals surface area contributed by atoms with Crippen molar-refractivity contribution in [2.75, 3.05) is 11.9 Å². The Hall–Kier alpha value is -2.00. The van der Waals surface area contributed by atoms with Crippen LogP contribution in [0.2, 0.25) is 5.02 Å². The predicted molar refractivity (Wildman–Crippen MR) is 95.6 cm³/mol. The number of aryl methyl sites for hydroxylation is 2. The Bertz CT molecular complexity index is 711. The summed E-state index contributed by atoms with van der Waals surface area (Å²) in [6.07, 6.45) is 0. The third kappa shape index (κ3) is 4.73. The van der Waals surface area contributed by atoms with E-state index >= 15 is 0 Å². The van der Waals surface area contributed by atoms with Gasteiger partial charge >= 0.3 is 0 Å². The highest BCUT2D eigenvalue weighted by atomic mass is 35.5. The van der Waals surface area contributed by atoms with E-state index in [1.54, 1.807) is 6.07 Å². The van der Waals surface area contributed by atoms with E-state index in [0.717, 1.165) is 22.4 Å². The molecule has 1 N–H and O–H groups in total. The van der Waals surface area contributed by atoms with Crippen LogP contribution in [0.4, 0.5) is 5.69 Å². The fourth-order valence-corrected chi connectivity index (χ4v) is 2.58. The zero-order valence-corrected chi connectivity index (χ0v) is 14.7. The molecule has 0 heterocycles. The van der Waals surface area contributed by atoms with Crippen LogP contribution in [-0.4, -0.2) is 12.5 Å². The Labute approximate surface area is 142 Å². The molecule has 4 heteroatoms. The van der Waals surface area contributed by atoms with E-state index in [0.29, 0.717) is 16.6 Å². The van der Waals surface area contributed by atoms with Gasteiger partial charge in [0, 0.05) is 0 Å². The van der Waals surface area contributed by atoms with Crippen molar-refractivity contribution in [1.82, 2.24) is 0 Å². The maximum absolute atomic E-state index is 12.1. The van der Waals surface area contributed by atoms with Crippen molar-refractivity contribution in [2.24, 2.45) is 0 Å². The number of halogens is 1. The number of nitrogens with one attached hydrogen (secondary N) is 1. The van der Waals surface area contributed by atoms with Gasteiger partial charge in [-0.15, -0.1) is 0 Å². The molecule has 0 radical (unpaired) electrons. The number of benzene rings is 2. The second-order valence-corrected chi connectivity index (χ2v) is 6.42. The summed E-state index contributed by atoms with van der Waals surface area (Å²) >= 11 is 6.12. The van der Waals surface area contributed by atoms with Crippen LogP contribution >= 0.6 is 11.6 Å².